The van der Waals surface area contributed by atoms with Gasteiger partial charge in [-0.3, -0.25) is 9.69 Å². The fourth-order valence-corrected chi connectivity index (χ4v) is 4.12. The number of likely N-dealkylation sites (tertiary alicyclic amines) is 1. The minimum absolute atomic E-state index is 0.0449. The van der Waals surface area contributed by atoms with Crippen molar-refractivity contribution in [1.82, 2.24) is 10.2 Å². The summed E-state index contributed by atoms with van der Waals surface area (Å²) >= 11 is 0. The van der Waals surface area contributed by atoms with E-state index in [2.05, 4.69) is 22.3 Å². The summed E-state index contributed by atoms with van der Waals surface area (Å²) in [5.41, 5.74) is 8.74. The van der Waals surface area contributed by atoms with Crippen molar-refractivity contribution in [2.45, 2.75) is 31.3 Å². The topological polar surface area (TPSA) is 76.8 Å². The number of carbonyl (C=O) groups is 1. The number of nitrogens with two attached hydrogens (primary N) is 1. The van der Waals surface area contributed by atoms with Gasteiger partial charge in [-0.05, 0) is 36.6 Å². The summed E-state index contributed by atoms with van der Waals surface area (Å²) in [6, 6.07) is 16.1. The van der Waals surface area contributed by atoms with Gasteiger partial charge >= 0.3 is 0 Å². The van der Waals surface area contributed by atoms with Crippen molar-refractivity contribution in [3.05, 3.63) is 59.7 Å². The number of hydrogen-bond donors (Lipinski definition) is 2. The molecule has 6 nitrogen and oxygen atoms in total. The maximum Gasteiger partial charge on any atom is 0.237 e. The lowest BCUT2D eigenvalue weighted by atomic mass is 9.95. The molecule has 0 spiro atoms. The number of fused-ring (bicyclic) bond motifs is 1. The van der Waals surface area contributed by atoms with Crippen LogP contribution in [-0.2, 0) is 11.2 Å². The van der Waals surface area contributed by atoms with Crippen molar-refractivity contribution in [1.29, 1.82) is 0 Å². The maximum absolute atomic E-state index is 12.7. The molecule has 0 aliphatic carbocycles. The monoisotopic (exact) mass is 395 g/mol. The van der Waals surface area contributed by atoms with E-state index in [1.807, 2.05) is 43.3 Å². The van der Waals surface area contributed by atoms with Gasteiger partial charge in [-0.2, -0.15) is 0 Å². The zero-order chi connectivity index (χ0) is 20.2. The van der Waals surface area contributed by atoms with Crippen molar-refractivity contribution >= 4 is 5.91 Å². The number of nitrogens with one attached hydrogen (secondary N) is 1. The Bertz CT molecular complexity index is 843. The SMILES string of the molecule is CC(C(=O)NCCc1ccc2c(c1)OCCO2)N1C[C@@H](N)[C@H](c2ccccc2)C1. The first-order valence-electron chi connectivity index (χ1n) is 10.3. The molecule has 29 heavy (non-hydrogen) atoms. The fourth-order valence-electron chi connectivity index (χ4n) is 4.12. The zero-order valence-corrected chi connectivity index (χ0v) is 16.8. The van der Waals surface area contributed by atoms with Gasteiger partial charge in [0.1, 0.15) is 13.2 Å². The van der Waals surface area contributed by atoms with Crippen molar-refractivity contribution in [3.8, 4) is 11.5 Å². The summed E-state index contributed by atoms with van der Waals surface area (Å²) in [6.07, 6.45) is 0.751. The number of hydrogen-bond acceptors (Lipinski definition) is 5. The predicted octanol–water partition coefficient (Wildman–Crippen LogP) is 1.93. The van der Waals surface area contributed by atoms with E-state index in [1.54, 1.807) is 0 Å². The Labute approximate surface area is 172 Å². The van der Waals surface area contributed by atoms with Crippen molar-refractivity contribution in [3.63, 3.8) is 0 Å². The average Bonchev–Trinajstić information content (AvgIpc) is 3.15. The Balaban J connectivity index is 1.28. The molecule has 2 heterocycles. The molecule has 6 heteroatoms. The third-order valence-corrected chi connectivity index (χ3v) is 5.87. The van der Waals surface area contributed by atoms with Crippen LogP contribution >= 0.6 is 0 Å². The van der Waals surface area contributed by atoms with Crippen LogP contribution in [-0.4, -0.2) is 55.7 Å². The number of benzene rings is 2. The van der Waals surface area contributed by atoms with Gasteiger partial charge in [0.15, 0.2) is 11.5 Å². The van der Waals surface area contributed by atoms with Crippen LogP contribution in [0.15, 0.2) is 48.5 Å². The molecule has 4 rings (SSSR count). The number of nitrogens with zero attached hydrogens (tertiary/aromatic N) is 1. The molecule has 1 saturated heterocycles. The average molecular weight is 396 g/mol. The van der Waals surface area contributed by atoms with Crippen molar-refractivity contribution < 1.29 is 14.3 Å². The standard InChI is InChI=1S/C23H29N3O3/c1-16(26-14-19(20(24)15-26)18-5-3-2-4-6-18)23(27)25-10-9-17-7-8-21-22(13-17)29-12-11-28-21/h2-8,13,16,19-20H,9-12,14-15,24H2,1H3,(H,25,27)/t16?,19-,20+/m0/s1. The lowest BCUT2D eigenvalue weighted by Crippen LogP contribution is -2.45. The van der Waals surface area contributed by atoms with Crippen molar-refractivity contribution in [2.24, 2.45) is 5.73 Å². The van der Waals surface area contributed by atoms with E-state index in [0.29, 0.717) is 19.8 Å². The third-order valence-electron chi connectivity index (χ3n) is 5.87. The molecular weight excluding hydrogens is 366 g/mol. The quantitative estimate of drug-likeness (QED) is 0.782. The Morgan fingerprint density at radius 1 is 1.14 bits per heavy atom. The van der Waals surface area contributed by atoms with Crippen molar-refractivity contribution in [2.75, 3.05) is 32.8 Å². The minimum atomic E-state index is -0.199. The van der Waals surface area contributed by atoms with E-state index in [4.69, 9.17) is 15.2 Å². The molecule has 3 atom stereocenters. The Morgan fingerprint density at radius 3 is 2.69 bits per heavy atom. The summed E-state index contributed by atoms with van der Waals surface area (Å²) in [5.74, 6) is 1.88. The Hall–Kier alpha value is -2.57. The van der Waals surface area contributed by atoms with E-state index >= 15 is 0 Å². The van der Waals surface area contributed by atoms with Gasteiger partial charge in [-0.1, -0.05) is 36.4 Å². The molecule has 154 valence electrons. The molecule has 3 N–H and O–H groups in total. The lowest BCUT2D eigenvalue weighted by Gasteiger charge is -2.23. The Morgan fingerprint density at radius 2 is 1.90 bits per heavy atom. The third kappa shape index (κ3) is 4.54. The minimum Gasteiger partial charge on any atom is -0.486 e. The van der Waals surface area contributed by atoms with Gasteiger partial charge in [0, 0.05) is 31.6 Å². The molecule has 2 aliphatic rings. The van der Waals surface area contributed by atoms with E-state index < -0.39 is 0 Å². The second-order valence-corrected chi connectivity index (χ2v) is 7.83. The van der Waals surface area contributed by atoms with Crippen LogP contribution < -0.4 is 20.5 Å². The molecule has 1 amide bonds. The molecule has 1 unspecified atom stereocenters. The van der Waals surface area contributed by atoms with Crippen LogP contribution in [0, 0.1) is 0 Å². The second-order valence-electron chi connectivity index (χ2n) is 7.83. The number of amides is 1. The smallest absolute Gasteiger partial charge is 0.237 e. The van der Waals surface area contributed by atoms with Gasteiger partial charge < -0.3 is 20.5 Å². The van der Waals surface area contributed by atoms with Crippen LogP contribution in [0.25, 0.3) is 0 Å². The number of carbonyl (C=O) groups excluding carboxylic acids is 1. The molecule has 0 saturated carbocycles. The molecule has 1 fully saturated rings. The van der Waals surface area contributed by atoms with E-state index in [0.717, 1.165) is 36.6 Å². The summed E-state index contributed by atoms with van der Waals surface area (Å²) in [7, 11) is 0. The van der Waals surface area contributed by atoms with Gasteiger partial charge in [0.05, 0.1) is 6.04 Å². The summed E-state index contributed by atoms with van der Waals surface area (Å²) < 4.78 is 11.2. The summed E-state index contributed by atoms with van der Waals surface area (Å²) in [5, 5.41) is 3.06. The highest BCUT2D eigenvalue weighted by Gasteiger charge is 2.35. The molecular formula is C23H29N3O3. The van der Waals surface area contributed by atoms with Gasteiger partial charge in [-0.15, -0.1) is 0 Å². The molecule has 2 aliphatic heterocycles. The number of ether oxygens (including phenoxy) is 2. The van der Waals surface area contributed by atoms with Crippen LogP contribution in [0.4, 0.5) is 0 Å². The lowest BCUT2D eigenvalue weighted by molar-refractivity contribution is -0.125. The van der Waals surface area contributed by atoms with E-state index in [1.165, 1.54) is 5.56 Å². The second kappa shape index (κ2) is 8.84. The first-order chi connectivity index (χ1) is 14.1. The van der Waals surface area contributed by atoms with E-state index in [-0.39, 0.29) is 23.9 Å². The predicted molar refractivity (Wildman–Crippen MR) is 112 cm³/mol. The molecule has 2 aromatic carbocycles. The highest BCUT2D eigenvalue weighted by Crippen LogP contribution is 2.31. The zero-order valence-electron chi connectivity index (χ0n) is 16.8. The Kier molecular flexibility index (Phi) is 6.02. The maximum atomic E-state index is 12.7. The molecule has 2 aromatic rings. The van der Waals surface area contributed by atoms with Gasteiger partial charge in [0.25, 0.3) is 0 Å². The normalized spacial score (nSPS) is 22.3. The van der Waals surface area contributed by atoms with Crippen LogP contribution in [0.3, 0.4) is 0 Å². The van der Waals surface area contributed by atoms with Crippen LogP contribution in [0.2, 0.25) is 0 Å². The van der Waals surface area contributed by atoms with Gasteiger partial charge in [0.2, 0.25) is 5.91 Å². The summed E-state index contributed by atoms with van der Waals surface area (Å²) in [6.45, 7) is 5.25. The largest absolute Gasteiger partial charge is 0.486 e. The first-order valence-corrected chi connectivity index (χ1v) is 10.3. The number of rotatable bonds is 6. The molecule has 0 aromatic heterocycles. The van der Waals surface area contributed by atoms with Crippen LogP contribution in [0.1, 0.15) is 24.0 Å². The first kappa shape index (κ1) is 19.7. The highest BCUT2D eigenvalue weighted by molar-refractivity contribution is 5.81. The molecule has 0 bridgehead atoms. The summed E-state index contributed by atoms with van der Waals surface area (Å²) in [4.78, 5) is 14.8. The van der Waals surface area contributed by atoms with Crippen LogP contribution in [0.5, 0.6) is 11.5 Å². The molecule has 0 radical (unpaired) electrons. The fraction of sp³-hybridized carbons (Fsp3) is 0.435. The van der Waals surface area contributed by atoms with Gasteiger partial charge in [-0.25, -0.2) is 0 Å². The van der Waals surface area contributed by atoms with E-state index in [9.17, 15) is 4.79 Å². The highest BCUT2D eigenvalue weighted by atomic mass is 16.6.